The maximum atomic E-state index is 15.6. The van der Waals surface area contributed by atoms with Gasteiger partial charge >= 0.3 is 6.09 Å². The molecule has 2 unspecified atom stereocenters. The van der Waals surface area contributed by atoms with E-state index in [1.807, 2.05) is 20.8 Å². The normalized spacial score (nSPS) is 30.3. The van der Waals surface area contributed by atoms with Crippen molar-refractivity contribution < 1.29 is 13.9 Å². The number of anilines is 1. The minimum Gasteiger partial charge on any atom is -0.444 e. The Bertz CT molecular complexity index is 707. The number of ether oxygens (including phenoxy) is 1. The Morgan fingerprint density at radius 3 is 2.59 bits per heavy atom. The number of piperidine rings is 1. The topological polar surface area (TPSA) is 58.6 Å². The van der Waals surface area contributed by atoms with Crippen molar-refractivity contribution >= 4 is 27.8 Å². The third-order valence-corrected chi connectivity index (χ3v) is 5.98. The van der Waals surface area contributed by atoms with Gasteiger partial charge in [0, 0.05) is 12.1 Å². The number of aromatic nitrogens is 2. The fourth-order valence-electron chi connectivity index (χ4n) is 4.41. The number of alkyl halides is 1. The molecule has 0 aromatic carbocycles. The lowest BCUT2D eigenvalue weighted by Crippen LogP contribution is -2.60. The Morgan fingerprint density at radius 1 is 1.26 bits per heavy atom. The molecule has 3 fully saturated rings. The number of amides is 1. The van der Waals surface area contributed by atoms with E-state index in [0.717, 1.165) is 25.1 Å². The molecule has 3 heterocycles. The van der Waals surface area contributed by atoms with Gasteiger partial charge in [-0.15, -0.1) is 0 Å². The first kappa shape index (κ1) is 18.9. The summed E-state index contributed by atoms with van der Waals surface area (Å²) in [6.07, 6.45) is 6.06. The van der Waals surface area contributed by atoms with Crippen LogP contribution in [0.15, 0.2) is 17.0 Å². The molecule has 8 heteroatoms. The van der Waals surface area contributed by atoms with Crippen molar-refractivity contribution in [2.75, 3.05) is 4.90 Å². The van der Waals surface area contributed by atoms with Crippen LogP contribution in [0.25, 0.3) is 0 Å². The zero-order valence-corrected chi connectivity index (χ0v) is 17.5. The summed E-state index contributed by atoms with van der Waals surface area (Å²) in [5.41, 5.74) is -0.577. The number of hydrogen-bond acceptors (Lipinski definition) is 5. The SMILES string of the molecule is CC(C)(C)OC(=O)N1C2CCC1[C@@H](F)[C@@H](N(c1cnc(Br)cn1)C1CC1)C2. The summed E-state index contributed by atoms with van der Waals surface area (Å²) in [5, 5.41) is 0. The molecule has 1 aliphatic carbocycles. The highest BCUT2D eigenvalue weighted by atomic mass is 79.9. The lowest BCUT2D eigenvalue weighted by Gasteiger charge is -2.45. The summed E-state index contributed by atoms with van der Waals surface area (Å²) in [4.78, 5) is 25.2. The molecule has 1 aromatic rings. The third-order valence-electron chi connectivity index (χ3n) is 5.57. The van der Waals surface area contributed by atoms with E-state index in [0.29, 0.717) is 23.5 Å². The van der Waals surface area contributed by atoms with Crippen molar-refractivity contribution in [3.8, 4) is 0 Å². The molecule has 1 amide bonds. The van der Waals surface area contributed by atoms with Gasteiger partial charge in [-0.05, 0) is 68.8 Å². The minimum absolute atomic E-state index is 0.0199. The first-order valence-corrected chi connectivity index (χ1v) is 10.4. The predicted octanol–water partition coefficient (Wildman–Crippen LogP) is 4.09. The standard InChI is InChI=1S/C19H26BrFN4O2/c1-19(2,3)27-18(26)25-12-6-7-13(25)17(21)14(8-12)24(11-4-5-11)16-10-22-15(20)9-23-16/h9-14,17H,4-8H2,1-3H3/t12?,13?,14-,17+/m0/s1. The molecular formula is C19H26BrFN4O2. The Labute approximate surface area is 167 Å². The Kier molecular flexibility index (Phi) is 4.81. The zero-order valence-electron chi connectivity index (χ0n) is 15.9. The molecule has 27 heavy (non-hydrogen) atoms. The largest absolute Gasteiger partial charge is 0.444 e. The van der Waals surface area contributed by atoms with Crippen LogP contribution in [0.1, 0.15) is 52.9 Å². The van der Waals surface area contributed by atoms with E-state index in [2.05, 4.69) is 30.8 Å². The number of fused-ring (bicyclic) bond motifs is 2. The molecular weight excluding hydrogens is 415 g/mol. The van der Waals surface area contributed by atoms with Crippen molar-refractivity contribution in [2.24, 2.45) is 0 Å². The maximum absolute atomic E-state index is 15.6. The third kappa shape index (κ3) is 3.77. The van der Waals surface area contributed by atoms with Gasteiger partial charge in [0.1, 0.15) is 22.2 Å². The second-order valence-electron chi connectivity index (χ2n) is 8.77. The van der Waals surface area contributed by atoms with Gasteiger partial charge in [-0.3, -0.25) is 4.90 Å². The van der Waals surface area contributed by atoms with E-state index < -0.39 is 23.9 Å². The second-order valence-corrected chi connectivity index (χ2v) is 9.58. The van der Waals surface area contributed by atoms with Crippen LogP contribution in [0.2, 0.25) is 0 Å². The maximum Gasteiger partial charge on any atom is 0.410 e. The van der Waals surface area contributed by atoms with Gasteiger partial charge < -0.3 is 9.64 Å². The fraction of sp³-hybridized carbons (Fsp3) is 0.737. The highest BCUT2D eigenvalue weighted by Crippen LogP contribution is 2.44. The summed E-state index contributed by atoms with van der Waals surface area (Å²) in [5.74, 6) is 0.721. The smallest absolute Gasteiger partial charge is 0.410 e. The van der Waals surface area contributed by atoms with Crippen molar-refractivity contribution in [3.63, 3.8) is 0 Å². The number of rotatable bonds is 3. The molecule has 3 aliphatic rings. The van der Waals surface area contributed by atoms with Crippen LogP contribution in [-0.2, 0) is 4.74 Å². The molecule has 4 rings (SSSR count). The van der Waals surface area contributed by atoms with Crippen LogP contribution in [0, 0.1) is 0 Å². The molecule has 4 atom stereocenters. The quantitative estimate of drug-likeness (QED) is 0.708. The van der Waals surface area contributed by atoms with Crippen LogP contribution in [-0.4, -0.2) is 56.9 Å². The number of carbonyl (C=O) groups is 1. The van der Waals surface area contributed by atoms with Gasteiger partial charge in [-0.25, -0.2) is 19.2 Å². The number of hydrogen-bond donors (Lipinski definition) is 0. The van der Waals surface area contributed by atoms with Crippen LogP contribution in [0.5, 0.6) is 0 Å². The molecule has 2 bridgehead atoms. The van der Waals surface area contributed by atoms with Crippen molar-refractivity contribution in [2.45, 2.75) is 88.8 Å². The average molecular weight is 441 g/mol. The van der Waals surface area contributed by atoms with E-state index in [9.17, 15) is 4.79 Å². The molecule has 2 aliphatic heterocycles. The van der Waals surface area contributed by atoms with Gasteiger partial charge in [-0.2, -0.15) is 0 Å². The van der Waals surface area contributed by atoms with Gasteiger partial charge in [0.05, 0.1) is 24.5 Å². The highest BCUT2D eigenvalue weighted by molar-refractivity contribution is 9.10. The predicted molar refractivity (Wildman–Crippen MR) is 103 cm³/mol. The van der Waals surface area contributed by atoms with Gasteiger partial charge in [0.25, 0.3) is 0 Å². The monoisotopic (exact) mass is 440 g/mol. The van der Waals surface area contributed by atoms with Crippen molar-refractivity contribution in [1.29, 1.82) is 0 Å². The molecule has 148 valence electrons. The number of halogens is 2. The van der Waals surface area contributed by atoms with Crippen molar-refractivity contribution in [1.82, 2.24) is 14.9 Å². The van der Waals surface area contributed by atoms with Crippen LogP contribution in [0.3, 0.4) is 0 Å². The molecule has 1 aromatic heterocycles. The van der Waals surface area contributed by atoms with Gasteiger partial charge in [0.2, 0.25) is 0 Å². The summed E-state index contributed by atoms with van der Waals surface area (Å²) in [6, 6.07) is -0.361. The lowest BCUT2D eigenvalue weighted by atomic mass is 9.94. The number of nitrogens with zero attached hydrogens (tertiary/aromatic N) is 4. The van der Waals surface area contributed by atoms with E-state index in [-0.39, 0.29) is 12.1 Å². The first-order valence-electron chi connectivity index (χ1n) is 9.66. The Balaban J connectivity index is 1.56. The summed E-state index contributed by atoms with van der Waals surface area (Å²) < 4.78 is 21.8. The molecule has 0 N–H and O–H groups in total. The molecule has 6 nitrogen and oxygen atoms in total. The van der Waals surface area contributed by atoms with Gasteiger partial charge in [0.15, 0.2) is 0 Å². The molecule has 1 saturated carbocycles. The van der Waals surface area contributed by atoms with E-state index in [1.165, 1.54) is 0 Å². The second kappa shape index (κ2) is 6.87. The summed E-state index contributed by atoms with van der Waals surface area (Å²) >= 11 is 3.31. The van der Waals surface area contributed by atoms with E-state index in [1.54, 1.807) is 17.3 Å². The average Bonchev–Trinajstić information content (AvgIpc) is 3.34. The first-order chi connectivity index (χ1) is 12.7. The molecule has 2 saturated heterocycles. The summed E-state index contributed by atoms with van der Waals surface area (Å²) in [6.45, 7) is 5.52. The number of carbonyl (C=O) groups excluding carboxylic acids is 1. The molecule has 0 radical (unpaired) electrons. The Hall–Kier alpha value is -1.44. The minimum atomic E-state index is -1.12. The van der Waals surface area contributed by atoms with Crippen LogP contribution < -0.4 is 4.90 Å². The van der Waals surface area contributed by atoms with Crippen LogP contribution in [0.4, 0.5) is 15.0 Å². The van der Waals surface area contributed by atoms with Crippen molar-refractivity contribution in [3.05, 3.63) is 17.0 Å². The summed E-state index contributed by atoms with van der Waals surface area (Å²) in [7, 11) is 0. The van der Waals surface area contributed by atoms with E-state index in [4.69, 9.17) is 4.74 Å². The van der Waals surface area contributed by atoms with Gasteiger partial charge in [-0.1, -0.05) is 0 Å². The zero-order chi connectivity index (χ0) is 19.3. The van der Waals surface area contributed by atoms with Crippen LogP contribution >= 0.6 is 15.9 Å². The highest BCUT2D eigenvalue weighted by Gasteiger charge is 2.54. The molecule has 0 spiro atoms. The lowest BCUT2D eigenvalue weighted by molar-refractivity contribution is -0.0108. The van der Waals surface area contributed by atoms with E-state index >= 15 is 4.39 Å². The fourth-order valence-corrected chi connectivity index (χ4v) is 4.61. The Morgan fingerprint density at radius 2 is 2.00 bits per heavy atom.